The van der Waals surface area contributed by atoms with Crippen LogP contribution in [0.2, 0.25) is 0 Å². The summed E-state index contributed by atoms with van der Waals surface area (Å²) in [7, 11) is -3.45. The number of nitrogens with one attached hydrogen (secondary N) is 1. The van der Waals surface area contributed by atoms with Gasteiger partial charge >= 0.3 is 0 Å². The third kappa shape index (κ3) is 3.66. The highest BCUT2D eigenvalue weighted by Gasteiger charge is 2.23. The summed E-state index contributed by atoms with van der Waals surface area (Å²) in [6.07, 6.45) is 1.76. The van der Waals surface area contributed by atoms with E-state index in [-0.39, 0.29) is 0 Å². The molecule has 0 radical (unpaired) electrons. The van der Waals surface area contributed by atoms with Gasteiger partial charge in [0, 0.05) is 30.4 Å². The van der Waals surface area contributed by atoms with Crippen LogP contribution in [0.15, 0.2) is 34.7 Å². The normalized spacial score (nSPS) is 11.8. The lowest BCUT2D eigenvalue weighted by atomic mass is 10.2. The zero-order chi connectivity index (χ0) is 16.2. The van der Waals surface area contributed by atoms with Crippen molar-refractivity contribution in [3.05, 3.63) is 40.3 Å². The summed E-state index contributed by atoms with van der Waals surface area (Å²) < 4.78 is 26.8. The molecule has 2 aromatic rings. The van der Waals surface area contributed by atoms with E-state index in [9.17, 15) is 8.42 Å². The highest BCUT2D eigenvalue weighted by Crippen LogP contribution is 2.24. The van der Waals surface area contributed by atoms with Crippen molar-refractivity contribution in [2.75, 3.05) is 18.4 Å². The highest BCUT2D eigenvalue weighted by molar-refractivity contribution is 7.89. The fourth-order valence-corrected chi connectivity index (χ4v) is 4.47. The van der Waals surface area contributed by atoms with Gasteiger partial charge in [-0.1, -0.05) is 19.9 Å². The lowest BCUT2D eigenvalue weighted by Gasteiger charge is -2.20. The van der Waals surface area contributed by atoms with Gasteiger partial charge in [-0.3, -0.25) is 0 Å². The second-order valence-electron chi connectivity index (χ2n) is 4.85. The number of thiazole rings is 1. The molecule has 22 heavy (non-hydrogen) atoms. The summed E-state index contributed by atoms with van der Waals surface area (Å²) in [6.45, 7) is 7.04. The van der Waals surface area contributed by atoms with Crippen molar-refractivity contribution in [3.63, 3.8) is 0 Å². The average molecular weight is 339 g/mol. The smallest absolute Gasteiger partial charge is 0.243 e. The number of nitrogens with zero attached hydrogens (tertiary/aromatic N) is 2. The van der Waals surface area contributed by atoms with Gasteiger partial charge in [-0.05, 0) is 24.6 Å². The predicted octanol–water partition coefficient (Wildman–Crippen LogP) is 3.09. The van der Waals surface area contributed by atoms with E-state index in [1.54, 1.807) is 23.6 Å². The van der Waals surface area contributed by atoms with E-state index in [0.29, 0.717) is 24.5 Å². The van der Waals surface area contributed by atoms with Gasteiger partial charge in [-0.15, -0.1) is 11.3 Å². The fourth-order valence-electron chi connectivity index (χ4n) is 2.21. The van der Waals surface area contributed by atoms with Crippen LogP contribution in [0.4, 0.5) is 5.69 Å². The first kappa shape index (κ1) is 16.9. The van der Waals surface area contributed by atoms with E-state index < -0.39 is 10.0 Å². The Balaban J connectivity index is 2.26. The van der Waals surface area contributed by atoms with Crippen molar-refractivity contribution in [2.24, 2.45) is 0 Å². The molecular weight excluding hydrogens is 318 g/mol. The van der Waals surface area contributed by atoms with E-state index in [1.165, 1.54) is 4.31 Å². The van der Waals surface area contributed by atoms with E-state index in [2.05, 4.69) is 10.3 Å². The van der Waals surface area contributed by atoms with E-state index in [4.69, 9.17) is 0 Å². The summed E-state index contributed by atoms with van der Waals surface area (Å²) in [5, 5.41) is 6.11. The van der Waals surface area contributed by atoms with E-state index in [1.807, 2.05) is 38.3 Å². The number of aryl methyl sites for hydroxylation is 1. The molecule has 7 heteroatoms. The van der Waals surface area contributed by atoms with Crippen LogP contribution in [0.25, 0.3) is 0 Å². The monoisotopic (exact) mass is 339 g/mol. The quantitative estimate of drug-likeness (QED) is 0.842. The van der Waals surface area contributed by atoms with Gasteiger partial charge in [0.25, 0.3) is 0 Å². The minimum atomic E-state index is -3.45. The molecule has 1 aromatic carbocycles. The Morgan fingerprint density at radius 3 is 2.59 bits per heavy atom. The topological polar surface area (TPSA) is 62.3 Å². The van der Waals surface area contributed by atoms with Crippen molar-refractivity contribution in [3.8, 4) is 0 Å². The second-order valence-corrected chi connectivity index (χ2v) is 7.73. The van der Waals surface area contributed by atoms with Crippen LogP contribution in [0.1, 0.15) is 24.4 Å². The molecule has 0 saturated carbocycles. The first-order chi connectivity index (χ1) is 10.5. The molecule has 0 unspecified atom stereocenters. The molecular formula is C15H21N3O2S2. The molecule has 0 fully saturated rings. The van der Waals surface area contributed by atoms with E-state index >= 15 is 0 Å². The Hall–Kier alpha value is -1.44. The lowest BCUT2D eigenvalue weighted by molar-refractivity contribution is 0.445. The molecule has 1 aromatic heterocycles. The number of sulfonamides is 1. The van der Waals surface area contributed by atoms with Crippen molar-refractivity contribution in [1.29, 1.82) is 0 Å². The SMILES string of the molecule is CCN(CC)S(=O)(=O)c1cc(NCc2nccs2)ccc1C. The van der Waals surface area contributed by atoms with Gasteiger partial charge in [0.15, 0.2) is 0 Å². The van der Waals surface area contributed by atoms with Crippen LogP contribution in [0.5, 0.6) is 0 Å². The molecule has 120 valence electrons. The number of anilines is 1. The van der Waals surface area contributed by atoms with Gasteiger partial charge < -0.3 is 5.32 Å². The highest BCUT2D eigenvalue weighted by atomic mass is 32.2. The molecule has 1 N–H and O–H groups in total. The molecule has 5 nitrogen and oxygen atoms in total. The Morgan fingerprint density at radius 1 is 1.27 bits per heavy atom. The van der Waals surface area contributed by atoms with Gasteiger partial charge in [0.1, 0.15) is 5.01 Å². The van der Waals surface area contributed by atoms with Gasteiger partial charge in [0.2, 0.25) is 10.0 Å². The summed E-state index contributed by atoms with van der Waals surface area (Å²) in [6, 6.07) is 5.43. The summed E-state index contributed by atoms with van der Waals surface area (Å²) in [5.41, 5.74) is 1.54. The van der Waals surface area contributed by atoms with Crippen LogP contribution in [-0.2, 0) is 16.6 Å². The first-order valence-electron chi connectivity index (χ1n) is 7.22. The Kier molecular flexibility index (Phi) is 5.55. The summed E-state index contributed by atoms with van der Waals surface area (Å²) in [5.74, 6) is 0. The molecule has 0 aliphatic carbocycles. The number of hydrogen-bond donors (Lipinski definition) is 1. The molecule has 0 aliphatic rings. The van der Waals surface area contributed by atoms with Crippen molar-refractivity contribution >= 4 is 27.0 Å². The van der Waals surface area contributed by atoms with Crippen molar-refractivity contribution in [1.82, 2.24) is 9.29 Å². The standard InChI is InChI=1S/C15H21N3O2S2/c1-4-18(5-2)22(19,20)14-10-13(7-6-12(14)3)17-11-15-16-8-9-21-15/h6-10,17H,4-5,11H2,1-3H3. The first-order valence-corrected chi connectivity index (χ1v) is 9.54. The van der Waals surface area contributed by atoms with Crippen molar-refractivity contribution < 1.29 is 8.42 Å². The van der Waals surface area contributed by atoms with Gasteiger partial charge in [-0.25, -0.2) is 13.4 Å². The van der Waals surface area contributed by atoms with Crippen LogP contribution < -0.4 is 5.32 Å². The molecule has 0 atom stereocenters. The average Bonchev–Trinajstić information content (AvgIpc) is 3.00. The number of rotatable bonds is 7. The third-order valence-corrected chi connectivity index (χ3v) is 6.41. The lowest BCUT2D eigenvalue weighted by Crippen LogP contribution is -2.31. The molecule has 0 saturated heterocycles. The zero-order valence-electron chi connectivity index (χ0n) is 13.0. The summed E-state index contributed by atoms with van der Waals surface area (Å²) in [4.78, 5) is 4.57. The zero-order valence-corrected chi connectivity index (χ0v) is 14.7. The van der Waals surface area contributed by atoms with Gasteiger partial charge in [-0.2, -0.15) is 4.31 Å². The van der Waals surface area contributed by atoms with Crippen LogP contribution >= 0.6 is 11.3 Å². The Bertz CT molecular complexity index is 708. The minimum absolute atomic E-state index is 0.361. The maximum atomic E-state index is 12.7. The molecule has 0 spiro atoms. The predicted molar refractivity (Wildman–Crippen MR) is 90.7 cm³/mol. The molecule has 0 amide bonds. The molecule has 0 aliphatic heterocycles. The summed E-state index contributed by atoms with van der Waals surface area (Å²) >= 11 is 1.57. The Morgan fingerprint density at radius 2 is 2.00 bits per heavy atom. The van der Waals surface area contributed by atoms with Crippen molar-refractivity contribution in [2.45, 2.75) is 32.2 Å². The number of benzene rings is 1. The fraction of sp³-hybridized carbons (Fsp3) is 0.400. The number of hydrogen-bond acceptors (Lipinski definition) is 5. The molecule has 2 rings (SSSR count). The number of aromatic nitrogens is 1. The second kappa shape index (κ2) is 7.21. The van der Waals surface area contributed by atoms with Crippen LogP contribution in [0, 0.1) is 6.92 Å². The van der Waals surface area contributed by atoms with Crippen LogP contribution in [-0.4, -0.2) is 30.8 Å². The molecule has 1 heterocycles. The molecule has 0 bridgehead atoms. The van der Waals surface area contributed by atoms with Crippen LogP contribution in [0.3, 0.4) is 0 Å². The maximum absolute atomic E-state index is 12.7. The maximum Gasteiger partial charge on any atom is 0.243 e. The minimum Gasteiger partial charge on any atom is -0.378 e. The van der Waals surface area contributed by atoms with E-state index in [0.717, 1.165) is 16.3 Å². The largest absolute Gasteiger partial charge is 0.378 e. The third-order valence-electron chi connectivity index (χ3n) is 3.44. The van der Waals surface area contributed by atoms with Gasteiger partial charge in [0.05, 0.1) is 11.4 Å². The Labute approximate surface area is 136 Å².